The molecule has 108 valence electrons. The van der Waals surface area contributed by atoms with Gasteiger partial charge in [-0.3, -0.25) is 0 Å². The Balaban J connectivity index is 2.43. The fraction of sp³-hybridized carbons (Fsp3) is 0.692. The van der Waals surface area contributed by atoms with Crippen molar-refractivity contribution >= 4 is 6.03 Å². The zero-order valence-electron chi connectivity index (χ0n) is 12.0. The van der Waals surface area contributed by atoms with E-state index in [-0.39, 0.29) is 24.7 Å². The molecule has 6 heteroatoms. The van der Waals surface area contributed by atoms with Gasteiger partial charge in [-0.25, -0.2) is 4.79 Å². The van der Waals surface area contributed by atoms with E-state index >= 15 is 0 Å². The van der Waals surface area contributed by atoms with Crippen LogP contribution in [0.5, 0.6) is 0 Å². The molecule has 0 aliphatic rings. The Morgan fingerprint density at radius 1 is 1.32 bits per heavy atom. The number of rotatable bonds is 6. The van der Waals surface area contributed by atoms with Gasteiger partial charge in [-0.05, 0) is 40.5 Å². The lowest BCUT2D eigenvalue weighted by Crippen LogP contribution is -2.45. The van der Waals surface area contributed by atoms with Crippen molar-refractivity contribution in [2.24, 2.45) is 0 Å². The Hall–Kier alpha value is -1.56. The lowest BCUT2D eigenvalue weighted by molar-refractivity contribution is 0.228. The number of aliphatic hydroxyl groups excluding tert-OH is 1. The molecule has 1 rings (SSSR count). The Morgan fingerprint density at radius 2 is 1.95 bits per heavy atom. The number of carbonyl (C=O) groups is 1. The molecule has 0 aliphatic heterocycles. The van der Waals surface area contributed by atoms with E-state index in [0.29, 0.717) is 12.8 Å². The van der Waals surface area contributed by atoms with Crippen LogP contribution in [0.4, 0.5) is 4.79 Å². The normalized spacial score (nSPS) is 13.9. The molecule has 2 atom stereocenters. The van der Waals surface area contributed by atoms with Gasteiger partial charge >= 0.3 is 6.03 Å². The minimum atomic E-state index is -0.222. The molecule has 1 aromatic rings. The fourth-order valence-corrected chi connectivity index (χ4v) is 1.91. The SMILES string of the molecule is Cc1noc(C)c1CC(C)NC(=O)N[C@H](C)CCO. The van der Waals surface area contributed by atoms with Crippen LogP contribution >= 0.6 is 0 Å². The Morgan fingerprint density at radius 3 is 2.47 bits per heavy atom. The molecular weight excluding hydrogens is 246 g/mol. The zero-order chi connectivity index (χ0) is 14.4. The summed E-state index contributed by atoms with van der Waals surface area (Å²) in [5, 5.41) is 18.3. The van der Waals surface area contributed by atoms with E-state index in [1.165, 1.54) is 0 Å². The lowest BCUT2D eigenvalue weighted by atomic mass is 10.1. The van der Waals surface area contributed by atoms with E-state index in [1.807, 2.05) is 27.7 Å². The number of aryl methyl sites for hydroxylation is 2. The number of urea groups is 1. The van der Waals surface area contributed by atoms with Gasteiger partial charge in [0.05, 0.1) is 5.69 Å². The Kier molecular flexibility index (Phi) is 5.82. The third-order valence-electron chi connectivity index (χ3n) is 3.01. The van der Waals surface area contributed by atoms with Gasteiger partial charge in [0.2, 0.25) is 0 Å². The largest absolute Gasteiger partial charge is 0.396 e. The van der Waals surface area contributed by atoms with Gasteiger partial charge in [0, 0.05) is 24.3 Å². The third kappa shape index (κ3) is 4.90. The average molecular weight is 269 g/mol. The van der Waals surface area contributed by atoms with Crippen LogP contribution in [0, 0.1) is 13.8 Å². The maximum Gasteiger partial charge on any atom is 0.315 e. The second-order valence-corrected chi connectivity index (χ2v) is 4.94. The van der Waals surface area contributed by atoms with Crippen molar-refractivity contribution in [1.82, 2.24) is 15.8 Å². The highest BCUT2D eigenvalue weighted by atomic mass is 16.5. The quantitative estimate of drug-likeness (QED) is 0.726. The number of aliphatic hydroxyl groups is 1. The van der Waals surface area contributed by atoms with E-state index in [4.69, 9.17) is 9.63 Å². The molecule has 0 radical (unpaired) electrons. The number of nitrogens with zero attached hydrogens (tertiary/aromatic N) is 1. The second kappa shape index (κ2) is 7.13. The number of nitrogens with one attached hydrogen (secondary N) is 2. The van der Waals surface area contributed by atoms with Crippen molar-refractivity contribution in [1.29, 1.82) is 0 Å². The summed E-state index contributed by atoms with van der Waals surface area (Å²) in [6, 6.07) is -0.283. The van der Waals surface area contributed by atoms with E-state index in [2.05, 4.69) is 15.8 Å². The predicted octanol–water partition coefficient (Wildman–Crippen LogP) is 1.29. The summed E-state index contributed by atoms with van der Waals surface area (Å²) in [6.45, 7) is 7.61. The zero-order valence-corrected chi connectivity index (χ0v) is 12.0. The van der Waals surface area contributed by atoms with Crippen molar-refractivity contribution in [3.05, 3.63) is 17.0 Å². The molecule has 0 bridgehead atoms. The lowest BCUT2D eigenvalue weighted by Gasteiger charge is -2.17. The van der Waals surface area contributed by atoms with Crippen LogP contribution < -0.4 is 10.6 Å². The molecule has 3 N–H and O–H groups in total. The minimum Gasteiger partial charge on any atom is -0.396 e. The van der Waals surface area contributed by atoms with Gasteiger partial charge in [-0.2, -0.15) is 0 Å². The maximum absolute atomic E-state index is 11.7. The molecule has 19 heavy (non-hydrogen) atoms. The van der Waals surface area contributed by atoms with Crippen molar-refractivity contribution in [2.75, 3.05) is 6.61 Å². The average Bonchev–Trinajstić information content (AvgIpc) is 2.60. The van der Waals surface area contributed by atoms with Gasteiger partial charge in [-0.15, -0.1) is 0 Å². The highest BCUT2D eigenvalue weighted by Crippen LogP contribution is 2.14. The molecule has 2 amide bonds. The maximum atomic E-state index is 11.7. The highest BCUT2D eigenvalue weighted by molar-refractivity contribution is 5.74. The molecule has 0 saturated carbocycles. The van der Waals surface area contributed by atoms with Crippen LogP contribution in [0.25, 0.3) is 0 Å². The standard InChI is InChI=1S/C13H23N3O3/c1-8(5-6-17)14-13(18)15-9(2)7-12-10(3)16-19-11(12)4/h8-9,17H,5-7H2,1-4H3,(H2,14,15,18)/t8-,9?/m1/s1. The molecule has 0 aliphatic carbocycles. The van der Waals surface area contributed by atoms with E-state index < -0.39 is 0 Å². The first-order chi connectivity index (χ1) is 8.93. The van der Waals surface area contributed by atoms with E-state index in [9.17, 15) is 4.79 Å². The van der Waals surface area contributed by atoms with Gasteiger partial charge in [-0.1, -0.05) is 5.16 Å². The molecular formula is C13H23N3O3. The number of amides is 2. The summed E-state index contributed by atoms with van der Waals surface area (Å²) in [6.07, 6.45) is 1.23. The monoisotopic (exact) mass is 269 g/mol. The Bertz CT molecular complexity index is 398. The number of aromatic nitrogens is 1. The molecule has 1 heterocycles. The van der Waals surface area contributed by atoms with Crippen molar-refractivity contribution < 1.29 is 14.4 Å². The van der Waals surface area contributed by atoms with E-state index in [0.717, 1.165) is 17.0 Å². The van der Waals surface area contributed by atoms with E-state index in [1.54, 1.807) is 0 Å². The van der Waals surface area contributed by atoms with Gasteiger partial charge < -0.3 is 20.3 Å². The molecule has 0 saturated heterocycles. The number of hydrogen-bond acceptors (Lipinski definition) is 4. The Labute approximate surface area is 113 Å². The summed E-state index contributed by atoms with van der Waals surface area (Å²) in [5.74, 6) is 0.792. The molecule has 0 fully saturated rings. The predicted molar refractivity (Wildman–Crippen MR) is 72.0 cm³/mol. The first kappa shape index (κ1) is 15.5. The summed E-state index contributed by atoms with van der Waals surface area (Å²) >= 11 is 0. The molecule has 0 aromatic carbocycles. The fourth-order valence-electron chi connectivity index (χ4n) is 1.91. The van der Waals surface area contributed by atoms with Crippen LogP contribution in [0.1, 0.15) is 37.3 Å². The third-order valence-corrected chi connectivity index (χ3v) is 3.01. The second-order valence-electron chi connectivity index (χ2n) is 4.94. The molecule has 0 spiro atoms. The van der Waals surface area contributed by atoms with Crippen molar-refractivity contribution in [2.45, 2.75) is 52.6 Å². The topological polar surface area (TPSA) is 87.4 Å². The first-order valence-corrected chi connectivity index (χ1v) is 6.53. The van der Waals surface area contributed by atoms with Gasteiger partial charge in [0.1, 0.15) is 5.76 Å². The summed E-state index contributed by atoms with van der Waals surface area (Å²) in [4.78, 5) is 11.7. The smallest absolute Gasteiger partial charge is 0.315 e. The minimum absolute atomic E-state index is 0.0156. The van der Waals surface area contributed by atoms with Crippen LogP contribution in [-0.2, 0) is 6.42 Å². The molecule has 1 unspecified atom stereocenters. The van der Waals surface area contributed by atoms with Crippen molar-refractivity contribution in [3.63, 3.8) is 0 Å². The molecule has 1 aromatic heterocycles. The summed E-state index contributed by atoms with van der Waals surface area (Å²) in [7, 11) is 0. The van der Waals surface area contributed by atoms with Gasteiger partial charge in [0.25, 0.3) is 0 Å². The van der Waals surface area contributed by atoms with Crippen LogP contribution in [0.15, 0.2) is 4.52 Å². The highest BCUT2D eigenvalue weighted by Gasteiger charge is 2.15. The van der Waals surface area contributed by atoms with Gasteiger partial charge in [0.15, 0.2) is 0 Å². The van der Waals surface area contributed by atoms with Crippen LogP contribution in [0.3, 0.4) is 0 Å². The first-order valence-electron chi connectivity index (χ1n) is 6.53. The number of carbonyl (C=O) groups excluding carboxylic acids is 1. The molecule has 6 nitrogen and oxygen atoms in total. The van der Waals surface area contributed by atoms with Crippen LogP contribution in [-0.4, -0.2) is 35.0 Å². The summed E-state index contributed by atoms with van der Waals surface area (Å²) < 4.78 is 5.09. The summed E-state index contributed by atoms with van der Waals surface area (Å²) in [5.41, 5.74) is 1.90. The van der Waals surface area contributed by atoms with Crippen molar-refractivity contribution in [3.8, 4) is 0 Å². The number of hydrogen-bond donors (Lipinski definition) is 3. The van der Waals surface area contributed by atoms with Crippen LogP contribution in [0.2, 0.25) is 0 Å².